The van der Waals surface area contributed by atoms with E-state index in [4.69, 9.17) is 5.73 Å². The molecule has 4 N–H and O–H groups in total. The third-order valence-corrected chi connectivity index (χ3v) is 0.962. The molecule has 0 saturated heterocycles. The van der Waals surface area contributed by atoms with E-state index in [0.717, 1.165) is 6.42 Å². The van der Waals surface area contributed by atoms with E-state index in [2.05, 4.69) is 17.4 Å². The van der Waals surface area contributed by atoms with Crippen LogP contribution in [0.25, 0.3) is 0 Å². The molecule has 0 aromatic carbocycles. The van der Waals surface area contributed by atoms with Gasteiger partial charge in [-0.15, -0.1) is 6.58 Å². The topological polar surface area (TPSA) is 67.2 Å². The largest absolute Gasteiger partial charge is 0.351 e. The van der Waals surface area contributed by atoms with Gasteiger partial charge in [0.15, 0.2) is 0 Å². The maximum atomic E-state index is 10.1. The highest BCUT2D eigenvalue weighted by Crippen LogP contribution is 1.86. The standard InChI is InChI=1S/C6H13N3O/c1-3-4-5(2)8-9-6(7)10/h3,5,8H,1,4H2,2H3,(H3,7,9,10). The Morgan fingerprint density at radius 2 is 2.50 bits per heavy atom. The molecule has 0 heterocycles. The molecule has 10 heavy (non-hydrogen) atoms. The summed E-state index contributed by atoms with van der Waals surface area (Å²) in [7, 11) is 0. The van der Waals surface area contributed by atoms with Crippen molar-refractivity contribution in [2.24, 2.45) is 5.73 Å². The molecule has 0 aromatic rings. The number of amides is 2. The van der Waals surface area contributed by atoms with Gasteiger partial charge in [-0.25, -0.2) is 10.2 Å². The Bertz CT molecular complexity index is 124. The number of primary amides is 1. The van der Waals surface area contributed by atoms with Crippen LogP contribution < -0.4 is 16.6 Å². The van der Waals surface area contributed by atoms with E-state index in [0.29, 0.717) is 0 Å². The van der Waals surface area contributed by atoms with E-state index in [9.17, 15) is 4.79 Å². The molecule has 2 amide bonds. The summed E-state index contributed by atoms with van der Waals surface area (Å²) in [5.41, 5.74) is 9.76. The number of rotatable bonds is 4. The third kappa shape index (κ3) is 5.11. The average Bonchev–Trinajstić information content (AvgIpc) is 1.85. The summed E-state index contributed by atoms with van der Waals surface area (Å²) in [6.07, 6.45) is 2.56. The molecule has 0 rings (SSSR count). The quantitative estimate of drug-likeness (QED) is 0.386. The lowest BCUT2D eigenvalue weighted by Gasteiger charge is -2.10. The minimum atomic E-state index is -0.573. The molecule has 1 unspecified atom stereocenters. The second-order valence-corrected chi connectivity index (χ2v) is 2.06. The van der Waals surface area contributed by atoms with Gasteiger partial charge < -0.3 is 5.73 Å². The van der Waals surface area contributed by atoms with Gasteiger partial charge in [-0.2, -0.15) is 0 Å². The molecule has 0 aliphatic carbocycles. The average molecular weight is 143 g/mol. The van der Waals surface area contributed by atoms with Gasteiger partial charge in [-0.05, 0) is 13.3 Å². The lowest BCUT2D eigenvalue weighted by molar-refractivity contribution is 0.242. The van der Waals surface area contributed by atoms with E-state index in [1.165, 1.54) is 0 Å². The highest BCUT2D eigenvalue weighted by Gasteiger charge is 1.97. The molecule has 0 fully saturated rings. The molecule has 4 heteroatoms. The van der Waals surface area contributed by atoms with Gasteiger partial charge >= 0.3 is 6.03 Å². The van der Waals surface area contributed by atoms with Crippen molar-refractivity contribution < 1.29 is 4.79 Å². The predicted molar refractivity (Wildman–Crippen MR) is 40.1 cm³/mol. The fourth-order valence-electron chi connectivity index (χ4n) is 0.503. The van der Waals surface area contributed by atoms with Crippen molar-refractivity contribution >= 4 is 6.03 Å². The fraction of sp³-hybridized carbons (Fsp3) is 0.500. The number of urea groups is 1. The molecule has 4 nitrogen and oxygen atoms in total. The van der Waals surface area contributed by atoms with Crippen LogP contribution in [0.1, 0.15) is 13.3 Å². The number of carbonyl (C=O) groups is 1. The van der Waals surface area contributed by atoms with Crippen molar-refractivity contribution in [3.63, 3.8) is 0 Å². The van der Waals surface area contributed by atoms with Crippen molar-refractivity contribution in [2.45, 2.75) is 19.4 Å². The van der Waals surface area contributed by atoms with Crippen LogP contribution >= 0.6 is 0 Å². The van der Waals surface area contributed by atoms with Crippen molar-refractivity contribution in [3.8, 4) is 0 Å². The zero-order valence-corrected chi connectivity index (χ0v) is 6.05. The van der Waals surface area contributed by atoms with Crippen molar-refractivity contribution in [1.29, 1.82) is 0 Å². The highest BCUT2D eigenvalue weighted by atomic mass is 16.2. The molecular weight excluding hydrogens is 130 g/mol. The van der Waals surface area contributed by atoms with Crippen LogP contribution in [0.15, 0.2) is 12.7 Å². The number of nitrogens with one attached hydrogen (secondary N) is 2. The maximum Gasteiger partial charge on any atom is 0.326 e. The molecule has 0 aromatic heterocycles. The van der Waals surface area contributed by atoms with E-state index in [-0.39, 0.29) is 6.04 Å². The number of nitrogens with two attached hydrogens (primary N) is 1. The Balaban J connectivity index is 3.29. The minimum Gasteiger partial charge on any atom is -0.351 e. The first-order chi connectivity index (χ1) is 4.66. The lowest BCUT2D eigenvalue weighted by atomic mass is 10.2. The van der Waals surface area contributed by atoms with Crippen molar-refractivity contribution in [2.75, 3.05) is 0 Å². The van der Waals surface area contributed by atoms with Crippen LogP contribution in [-0.2, 0) is 0 Å². The molecule has 0 saturated carbocycles. The first-order valence-electron chi connectivity index (χ1n) is 3.08. The highest BCUT2D eigenvalue weighted by molar-refractivity contribution is 5.70. The van der Waals surface area contributed by atoms with Crippen LogP contribution in [0.3, 0.4) is 0 Å². The van der Waals surface area contributed by atoms with Crippen LogP contribution in [0.2, 0.25) is 0 Å². The monoisotopic (exact) mass is 143 g/mol. The van der Waals surface area contributed by atoms with Crippen molar-refractivity contribution in [1.82, 2.24) is 10.9 Å². The summed E-state index contributed by atoms with van der Waals surface area (Å²) in [6, 6.07) is -0.402. The molecule has 1 atom stereocenters. The molecule has 0 aliphatic heterocycles. The zero-order valence-electron chi connectivity index (χ0n) is 6.05. The summed E-state index contributed by atoms with van der Waals surface area (Å²) >= 11 is 0. The fourth-order valence-corrected chi connectivity index (χ4v) is 0.503. The Morgan fingerprint density at radius 3 is 2.90 bits per heavy atom. The Hall–Kier alpha value is -1.03. The summed E-state index contributed by atoms with van der Waals surface area (Å²) in [5.74, 6) is 0. The van der Waals surface area contributed by atoms with Crippen molar-refractivity contribution in [3.05, 3.63) is 12.7 Å². The summed E-state index contributed by atoms with van der Waals surface area (Å²) in [4.78, 5) is 10.1. The normalized spacial score (nSPS) is 12.1. The second kappa shape index (κ2) is 4.81. The minimum absolute atomic E-state index is 0.171. The molecule has 0 bridgehead atoms. The van der Waals surface area contributed by atoms with Crippen LogP contribution in [0.4, 0.5) is 4.79 Å². The summed E-state index contributed by atoms with van der Waals surface area (Å²) in [6.45, 7) is 5.46. The van der Waals surface area contributed by atoms with Gasteiger partial charge in [-0.1, -0.05) is 6.08 Å². The van der Waals surface area contributed by atoms with E-state index in [1.807, 2.05) is 6.92 Å². The molecule has 58 valence electrons. The third-order valence-electron chi connectivity index (χ3n) is 0.962. The van der Waals surface area contributed by atoms with Gasteiger partial charge in [0.25, 0.3) is 0 Å². The van der Waals surface area contributed by atoms with Gasteiger partial charge in [0.1, 0.15) is 0 Å². The Morgan fingerprint density at radius 1 is 1.90 bits per heavy atom. The first kappa shape index (κ1) is 8.97. The van der Waals surface area contributed by atoms with E-state index < -0.39 is 6.03 Å². The van der Waals surface area contributed by atoms with Gasteiger partial charge in [0.2, 0.25) is 0 Å². The maximum absolute atomic E-state index is 10.1. The summed E-state index contributed by atoms with van der Waals surface area (Å²) in [5, 5.41) is 0. The molecule has 0 aliphatic rings. The Kier molecular flexibility index (Phi) is 4.32. The smallest absolute Gasteiger partial charge is 0.326 e. The van der Waals surface area contributed by atoms with Gasteiger partial charge in [0.05, 0.1) is 0 Å². The number of hydrogen-bond donors (Lipinski definition) is 3. The molecular formula is C6H13N3O. The zero-order chi connectivity index (χ0) is 7.98. The number of hydrogen-bond acceptors (Lipinski definition) is 2. The van der Waals surface area contributed by atoms with Crippen LogP contribution in [-0.4, -0.2) is 12.1 Å². The van der Waals surface area contributed by atoms with Crippen LogP contribution in [0.5, 0.6) is 0 Å². The lowest BCUT2D eigenvalue weighted by Crippen LogP contribution is -2.45. The summed E-state index contributed by atoms with van der Waals surface area (Å²) < 4.78 is 0. The SMILES string of the molecule is C=CCC(C)NNC(N)=O. The predicted octanol–water partition coefficient (Wildman–Crippen LogP) is 0.124. The van der Waals surface area contributed by atoms with E-state index >= 15 is 0 Å². The molecule has 0 spiro atoms. The second-order valence-electron chi connectivity index (χ2n) is 2.06. The number of carbonyl (C=O) groups excluding carboxylic acids is 1. The van der Waals surface area contributed by atoms with E-state index in [1.54, 1.807) is 6.08 Å². The van der Waals surface area contributed by atoms with Gasteiger partial charge in [-0.3, -0.25) is 5.43 Å². The Labute approximate surface area is 60.4 Å². The first-order valence-corrected chi connectivity index (χ1v) is 3.08. The number of hydrazine groups is 1. The molecule has 0 radical (unpaired) electrons. The van der Waals surface area contributed by atoms with Crippen LogP contribution in [0, 0.1) is 0 Å². The van der Waals surface area contributed by atoms with Gasteiger partial charge in [0, 0.05) is 6.04 Å².